The average Bonchev–Trinajstić information content (AvgIpc) is 2.82. The first-order valence-electron chi connectivity index (χ1n) is 8.67. The van der Waals surface area contributed by atoms with E-state index in [4.69, 9.17) is 10.5 Å². The van der Waals surface area contributed by atoms with Crippen LogP contribution in [0.2, 0.25) is 0 Å². The van der Waals surface area contributed by atoms with E-state index in [1.807, 2.05) is 13.8 Å². The van der Waals surface area contributed by atoms with E-state index in [1.165, 1.54) is 16.7 Å². The van der Waals surface area contributed by atoms with E-state index >= 15 is 0 Å². The molecule has 3 heterocycles. The van der Waals surface area contributed by atoms with Crippen molar-refractivity contribution in [2.24, 2.45) is 10.7 Å². The first kappa shape index (κ1) is 18.5. The van der Waals surface area contributed by atoms with Crippen molar-refractivity contribution in [3.8, 4) is 0 Å². The molecule has 0 aromatic heterocycles. The molecule has 25 heavy (non-hydrogen) atoms. The number of β-lactam (4-membered cyclic amide) rings is 1. The van der Waals surface area contributed by atoms with Gasteiger partial charge in [0.1, 0.15) is 11.4 Å². The van der Waals surface area contributed by atoms with Crippen molar-refractivity contribution < 1.29 is 19.4 Å². The van der Waals surface area contributed by atoms with Crippen molar-refractivity contribution in [3.63, 3.8) is 0 Å². The lowest BCUT2D eigenvalue weighted by atomic mass is 9.96. The number of aliphatic imine (C=N–C) groups is 1. The molecule has 9 heteroatoms. The van der Waals surface area contributed by atoms with Crippen LogP contribution in [0.3, 0.4) is 0 Å². The molecule has 3 aliphatic heterocycles. The van der Waals surface area contributed by atoms with Crippen LogP contribution in [0, 0.1) is 0 Å². The van der Waals surface area contributed by atoms with Gasteiger partial charge in [0, 0.05) is 24.4 Å². The number of nitrogens with two attached hydrogens (primary N) is 1. The number of fused-ring (bicyclic) bond motifs is 1. The summed E-state index contributed by atoms with van der Waals surface area (Å²) in [4.78, 5) is 31.9. The third kappa shape index (κ3) is 3.50. The van der Waals surface area contributed by atoms with Crippen molar-refractivity contribution in [1.82, 2.24) is 9.80 Å². The smallest absolute Gasteiger partial charge is 0.327 e. The molecule has 0 bridgehead atoms. The molecule has 140 valence electrons. The van der Waals surface area contributed by atoms with Gasteiger partial charge in [0.15, 0.2) is 6.04 Å². The van der Waals surface area contributed by atoms with Gasteiger partial charge in [-0.05, 0) is 26.7 Å². The van der Waals surface area contributed by atoms with Gasteiger partial charge in [0.25, 0.3) is 5.91 Å². The molecule has 0 spiro atoms. The molecule has 3 saturated heterocycles. The third-order valence-corrected chi connectivity index (χ3v) is 6.54. The van der Waals surface area contributed by atoms with Crippen LogP contribution in [-0.2, 0) is 14.3 Å². The lowest BCUT2D eigenvalue weighted by molar-refractivity contribution is -0.158. The number of piperidine rings is 1. The van der Waals surface area contributed by atoms with Gasteiger partial charge >= 0.3 is 5.97 Å². The molecule has 0 aromatic carbocycles. The minimum absolute atomic E-state index is 0.176. The first-order chi connectivity index (χ1) is 11.8. The van der Waals surface area contributed by atoms with Crippen molar-refractivity contribution >= 4 is 30.0 Å². The largest absolute Gasteiger partial charge is 0.480 e. The van der Waals surface area contributed by atoms with Crippen LogP contribution in [-0.4, -0.2) is 87.7 Å². The maximum atomic E-state index is 12.4. The van der Waals surface area contributed by atoms with Gasteiger partial charge in [0.05, 0.1) is 19.0 Å². The normalized spacial score (nSPS) is 32.1. The van der Waals surface area contributed by atoms with Gasteiger partial charge in [-0.1, -0.05) is 0 Å². The Morgan fingerprint density at radius 2 is 2.16 bits per heavy atom. The van der Waals surface area contributed by atoms with Crippen molar-refractivity contribution in [2.45, 2.75) is 55.0 Å². The highest BCUT2D eigenvalue weighted by Gasteiger charge is 2.63. The van der Waals surface area contributed by atoms with Crippen LogP contribution in [0.4, 0.5) is 0 Å². The molecule has 3 rings (SSSR count). The van der Waals surface area contributed by atoms with E-state index in [0.29, 0.717) is 13.2 Å². The summed E-state index contributed by atoms with van der Waals surface area (Å²) in [6.45, 7) is 6.54. The Hall–Kier alpha value is -1.32. The molecule has 0 aromatic rings. The Bertz CT molecular complexity index is 562. The molecule has 1 amide bonds. The fraction of sp³-hybridized carbons (Fsp3) is 0.812. The second-order valence-electron chi connectivity index (χ2n) is 7.20. The number of likely N-dealkylation sites (tertiary alicyclic amines) is 1. The molecule has 0 unspecified atom stereocenters. The number of ether oxygens (including phenoxy) is 1. The highest BCUT2D eigenvalue weighted by Crippen LogP contribution is 2.51. The molecular formula is C16H26N4O4S. The SMILES string of the molecule is CC1(C)S[C@@H]2[C@H](N=CN3CCC(OCCN)CC3)C(=O)N2[C@H]1C(=O)O. The topological polar surface area (TPSA) is 108 Å². The number of aliphatic carboxylic acids is 1. The number of carboxylic acid groups (broad SMARTS) is 1. The van der Waals surface area contributed by atoms with Gasteiger partial charge in [-0.25, -0.2) is 4.79 Å². The highest BCUT2D eigenvalue weighted by molar-refractivity contribution is 8.01. The Morgan fingerprint density at radius 1 is 1.48 bits per heavy atom. The van der Waals surface area contributed by atoms with Crippen LogP contribution >= 0.6 is 11.8 Å². The summed E-state index contributed by atoms with van der Waals surface area (Å²) < 4.78 is 5.15. The molecule has 0 radical (unpaired) electrons. The molecule has 0 aliphatic carbocycles. The summed E-state index contributed by atoms with van der Waals surface area (Å²) >= 11 is 1.52. The fourth-order valence-corrected chi connectivity index (χ4v) is 5.31. The van der Waals surface area contributed by atoms with E-state index in [2.05, 4.69) is 9.89 Å². The monoisotopic (exact) mass is 370 g/mol. The summed E-state index contributed by atoms with van der Waals surface area (Å²) in [7, 11) is 0. The third-order valence-electron chi connectivity index (χ3n) is 4.99. The summed E-state index contributed by atoms with van der Waals surface area (Å²) in [6.07, 6.45) is 3.84. The Kier molecular flexibility index (Phi) is 5.26. The average molecular weight is 370 g/mol. The van der Waals surface area contributed by atoms with Gasteiger partial charge in [-0.3, -0.25) is 9.79 Å². The minimum atomic E-state index is -0.949. The number of hydrogen-bond donors (Lipinski definition) is 2. The van der Waals surface area contributed by atoms with E-state index in [0.717, 1.165) is 25.9 Å². The minimum Gasteiger partial charge on any atom is -0.480 e. The lowest BCUT2D eigenvalue weighted by Crippen LogP contribution is -2.65. The Labute approximate surface area is 151 Å². The molecule has 0 saturated carbocycles. The first-order valence-corrected chi connectivity index (χ1v) is 9.55. The number of thioether (sulfide) groups is 1. The number of carbonyl (C=O) groups excluding carboxylic acids is 1. The zero-order valence-corrected chi connectivity index (χ0v) is 15.4. The van der Waals surface area contributed by atoms with Gasteiger partial charge < -0.3 is 25.4 Å². The lowest BCUT2D eigenvalue weighted by Gasteiger charge is -2.41. The predicted molar refractivity (Wildman–Crippen MR) is 95.6 cm³/mol. The van der Waals surface area contributed by atoms with E-state index in [9.17, 15) is 14.7 Å². The zero-order chi connectivity index (χ0) is 18.2. The molecule has 3 N–H and O–H groups in total. The molecular weight excluding hydrogens is 344 g/mol. The molecule has 3 atom stereocenters. The summed E-state index contributed by atoms with van der Waals surface area (Å²) in [5.74, 6) is -1.14. The summed E-state index contributed by atoms with van der Waals surface area (Å²) in [5.41, 5.74) is 5.45. The van der Waals surface area contributed by atoms with E-state index in [-0.39, 0.29) is 17.4 Å². The van der Waals surface area contributed by atoms with E-state index in [1.54, 1.807) is 6.34 Å². The van der Waals surface area contributed by atoms with Crippen LogP contribution in [0.1, 0.15) is 26.7 Å². The van der Waals surface area contributed by atoms with Crippen LogP contribution in [0.25, 0.3) is 0 Å². The number of rotatable bonds is 6. The standard InChI is InChI=1S/C16H26N4O4S/c1-16(2)12(15(22)23)20-13(21)11(14(20)25-16)18-9-19-6-3-10(4-7-19)24-8-5-17/h9-12,14H,3-8,17H2,1-2H3,(H,22,23)/t11-,12+,14-/m1/s1. The molecule has 3 fully saturated rings. The number of nitrogens with zero attached hydrogens (tertiary/aromatic N) is 3. The number of carbonyl (C=O) groups is 2. The Balaban J connectivity index is 1.54. The summed E-state index contributed by atoms with van der Waals surface area (Å²) in [5, 5.41) is 9.25. The quantitative estimate of drug-likeness (QED) is 0.384. The predicted octanol–water partition coefficient (Wildman–Crippen LogP) is -0.0301. The van der Waals surface area contributed by atoms with Crippen molar-refractivity contribution in [3.05, 3.63) is 0 Å². The molecule has 3 aliphatic rings. The zero-order valence-electron chi connectivity index (χ0n) is 14.6. The maximum Gasteiger partial charge on any atom is 0.327 e. The van der Waals surface area contributed by atoms with Crippen LogP contribution in [0.15, 0.2) is 4.99 Å². The van der Waals surface area contributed by atoms with Crippen molar-refractivity contribution in [1.29, 1.82) is 0 Å². The van der Waals surface area contributed by atoms with Crippen molar-refractivity contribution in [2.75, 3.05) is 26.2 Å². The second-order valence-corrected chi connectivity index (χ2v) is 8.97. The van der Waals surface area contributed by atoms with Gasteiger partial charge in [-0.15, -0.1) is 11.8 Å². The Morgan fingerprint density at radius 3 is 2.76 bits per heavy atom. The highest BCUT2D eigenvalue weighted by atomic mass is 32.2. The number of hydrogen-bond acceptors (Lipinski definition) is 6. The van der Waals surface area contributed by atoms with Gasteiger partial charge in [0.2, 0.25) is 0 Å². The fourth-order valence-electron chi connectivity index (χ4n) is 3.69. The van der Waals surface area contributed by atoms with Gasteiger partial charge in [-0.2, -0.15) is 0 Å². The van der Waals surface area contributed by atoms with E-state index < -0.39 is 22.8 Å². The number of amides is 1. The number of carboxylic acids is 1. The summed E-state index contributed by atoms with van der Waals surface area (Å²) in [6, 6.07) is -1.25. The second kappa shape index (κ2) is 7.13. The van der Waals surface area contributed by atoms with Crippen LogP contribution < -0.4 is 5.73 Å². The molecule has 8 nitrogen and oxygen atoms in total. The van der Waals surface area contributed by atoms with Crippen LogP contribution in [0.5, 0.6) is 0 Å². The maximum absolute atomic E-state index is 12.4.